The molecule has 0 radical (unpaired) electrons. The summed E-state index contributed by atoms with van der Waals surface area (Å²) >= 11 is 0. The first-order chi connectivity index (χ1) is 10.8. The van der Waals surface area contributed by atoms with Crippen molar-refractivity contribution in [3.63, 3.8) is 0 Å². The quantitative estimate of drug-likeness (QED) is 0.644. The van der Waals surface area contributed by atoms with Gasteiger partial charge in [-0.1, -0.05) is 0 Å². The summed E-state index contributed by atoms with van der Waals surface area (Å²) in [6, 6.07) is 2.32. The van der Waals surface area contributed by atoms with Gasteiger partial charge in [-0.25, -0.2) is 0 Å². The molecule has 9 heteroatoms. The van der Waals surface area contributed by atoms with E-state index < -0.39 is 11.0 Å². The van der Waals surface area contributed by atoms with E-state index >= 15 is 0 Å². The third kappa shape index (κ3) is 3.38. The number of nitro groups is 1. The molecule has 2 unspecified atom stereocenters. The van der Waals surface area contributed by atoms with Gasteiger partial charge < -0.3 is 15.4 Å². The normalized spacial score (nSPS) is 13.6. The number of hydrogen-bond acceptors (Lipinski definition) is 5. The zero-order valence-corrected chi connectivity index (χ0v) is 13.6. The Morgan fingerprint density at radius 3 is 2.74 bits per heavy atom. The fraction of sp³-hybridized carbons (Fsp3) is 0.500. The van der Waals surface area contributed by atoms with E-state index in [1.54, 1.807) is 24.7 Å². The molecule has 2 rings (SSSR count). The largest absolute Gasteiger partial charge is 0.390 e. The molecule has 0 saturated heterocycles. The maximum atomic E-state index is 12.4. The highest BCUT2D eigenvalue weighted by Crippen LogP contribution is 2.18. The van der Waals surface area contributed by atoms with Crippen molar-refractivity contribution in [2.45, 2.75) is 46.3 Å². The number of carbonyl (C=O) groups is 1. The third-order valence-electron chi connectivity index (χ3n) is 3.69. The minimum atomic E-state index is -0.649. The molecule has 0 bridgehead atoms. The molecule has 0 saturated carbocycles. The zero-order valence-electron chi connectivity index (χ0n) is 13.6. The van der Waals surface area contributed by atoms with Crippen molar-refractivity contribution in [1.82, 2.24) is 24.9 Å². The molecule has 9 nitrogen and oxygen atoms in total. The molecule has 2 aromatic rings. The molecule has 1 amide bonds. The first-order valence-corrected chi connectivity index (χ1v) is 7.37. The predicted octanol–water partition coefficient (Wildman–Crippen LogP) is 1.75. The number of rotatable bonds is 6. The van der Waals surface area contributed by atoms with Crippen LogP contribution in [0.25, 0.3) is 0 Å². The summed E-state index contributed by atoms with van der Waals surface area (Å²) < 4.78 is 3.16. The van der Waals surface area contributed by atoms with Gasteiger partial charge in [0.05, 0.1) is 28.6 Å². The molecule has 23 heavy (non-hydrogen) atoms. The molecular formula is C14H20N6O3. The summed E-state index contributed by atoms with van der Waals surface area (Å²) in [5.74, 6) is -0.526. The lowest BCUT2D eigenvalue weighted by Gasteiger charge is -2.18. The van der Waals surface area contributed by atoms with Gasteiger partial charge in [-0.3, -0.25) is 9.48 Å². The molecule has 124 valence electrons. The van der Waals surface area contributed by atoms with Gasteiger partial charge in [-0.05, 0) is 38.7 Å². The van der Waals surface area contributed by atoms with Crippen molar-refractivity contribution in [1.29, 1.82) is 0 Å². The van der Waals surface area contributed by atoms with Gasteiger partial charge in [0.25, 0.3) is 0 Å². The second-order valence-electron chi connectivity index (χ2n) is 5.32. The van der Waals surface area contributed by atoms with E-state index in [1.807, 2.05) is 19.9 Å². The summed E-state index contributed by atoms with van der Waals surface area (Å²) in [4.78, 5) is 22.6. The van der Waals surface area contributed by atoms with Crippen LogP contribution in [-0.2, 0) is 11.3 Å². The van der Waals surface area contributed by atoms with Crippen LogP contribution in [0.5, 0.6) is 0 Å². The minimum absolute atomic E-state index is 0.224. The number of nitrogens with one attached hydrogen (secondary N) is 1. The van der Waals surface area contributed by atoms with Crippen molar-refractivity contribution in [2.75, 3.05) is 0 Å². The molecule has 0 fully saturated rings. The molecule has 0 aliphatic rings. The summed E-state index contributed by atoms with van der Waals surface area (Å²) in [6.45, 7) is 7.89. The summed E-state index contributed by atoms with van der Waals surface area (Å²) in [7, 11) is 0. The van der Waals surface area contributed by atoms with Gasteiger partial charge in [0.2, 0.25) is 5.91 Å². The molecule has 2 heterocycles. The summed E-state index contributed by atoms with van der Waals surface area (Å²) in [5, 5.41) is 21.7. The number of amides is 1. The van der Waals surface area contributed by atoms with Gasteiger partial charge >= 0.3 is 5.82 Å². The van der Waals surface area contributed by atoms with Gasteiger partial charge in [-0.2, -0.15) is 9.78 Å². The Labute approximate surface area is 133 Å². The number of aryl methyl sites for hydroxylation is 2. The molecule has 0 aromatic carbocycles. The fourth-order valence-corrected chi connectivity index (χ4v) is 2.45. The van der Waals surface area contributed by atoms with Crippen LogP contribution in [0, 0.1) is 17.0 Å². The lowest BCUT2D eigenvalue weighted by Crippen LogP contribution is -2.34. The van der Waals surface area contributed by atoms with E-state index in [1.165, 1.54) is 10.7 Å². The van der Waals surface area contributed by atoms with Crippen LogP contribution in [0.2, 0.25) is 0 Å². The number of hydrogen-bond donors (Lipinski definition) is 1. The van der Waals surface area contributed by atoms with Gasteiger partial charge in [0.15, 0.2) is 0 Å². The number of nitrogens with zero attached hydrogens (tertiary/aromatic N) is 5. The molecule has 2 aromatic heterocycles. The van der Waals surface area contributed by atoms with E-state index in [4.69, 9.17) is 0 Å². The van der Waals surface area contributed by atoms with E-state index in [0.717, 1.165) is 5.69 Å². The Morgan fingerprint density at radius 1 is 1.48 bits per heavy atom. The van der Waals surface area contributed by atoms with Crippen LogP contribution in [0.3, 0.4) is 0 Å². The fourth-order valence-electron chi connectivity index (χ4n) is 2.45. The maximum Gasteiger partial charge on any atom is 0.390 e. The van der Waals surface area contributed by atoms with Crippen LogP contribution in [-0.4, -0.2) is 30.4 Å². The lowest BCUT2D eigenvalue weighted by atomic mass is 10.2. The Bertz CT molecular complexity index is 720. The first kappa shape index (κ1) is 16.7. The SMILES string of the molecule is CCn1nccc1C(C)NC(=O)C(C)n1nc([N+](=O)[O-])cc1C. The lowest BCUT2D eigenvalue weighted by molar-refractivity contribution is -0.389. The van der Waals surface area contributed by atoms with Crippen molar-refractivity contribution < 1.29 is 9.72 Å². The highest BCUT2D eigenvalue weighted by atomic mass is 16.6. The van der Waals surface area contributed by atoms with Gasteiger partial charge in [0, 0.05) is 12.7 Å². The standard InChI is InChI=1S/C14H20N6O3/c1-5-18-12(6-7-15-18)10(3)16-14(21)11(4)19-9(2)8-13(17-19)20(22)23/h6-8,10-11H,5H2,1-4H3,(H,16,21). The van der Waals surface area contributed by atoms with Crippen LogP contribution in [0.15, 0.2) is 18.3 Å². The van der Waals surface area contributed by atoms with Crippen molar-refractivity contribution in [2.24, 2.45) is 0 Å². The smallest absolute Gasteiger partial charge is 0.358 e. The molecule has 0 spiro atoms. The Hall–Kier alpha value is -2.71. The van der Waals surface area contributed by atoms with E-state index in [9.17, 15) is 14.9 Å². The number of aromatic nitrogens is 4. The third-order valence-corrected chi connectivity index (χ3v) is 3.69. The molecule has 0 aliphatic heterocycles. The second-order valence-corrected chi connectivity index (χ2v) is 5.32. The van der Waals surface area contributed by atoms with Crippen LogP contribution in [0.4, 0.5) is 5.82 Å². The average Bonchev–Trinajstić information content (AvgIpc) is 3.12. The number of carbonyl (C=O) groups excluding carboxylic acids is 1. The molecule has 1 N–H and O–H groups in total. The monoisotopic (exact) mass is 320 g/mol. The molecule has 2 atom stereocenters. The van der Waals surface area contributed by atoms with Crippen molar-refractivity contribution in [3.8, 4) is 0 Å². The van der Waals surface area contributed by atoms with Crippen LogP contribution < -0.4 is 5.32 Å². The van der Waals surface area contributed by atoms with E-state index in [-0.39, 0.29) is 17.8 Å². The maximum absolute atomic E-state index is 12.4. The average molecular weight is 320 g/mol. The highest BCUT2D eigenvalue weighted by Gasteiger charge is 2.26. The molecule has 0 aliphatic carbocycles. The van der Waals surface area contributed by atoms with Crippen LogP contribution >= 0.6 is 0 Å². The van der Waals surface area contributed by atoms with Crippen molar-refractivity contribution >= 4 is 11.7 Å². The van der Waals surface area contributed by atoms with Crippen molar-refractivity contribution in [3.05, 3.63) is 39.8 Å². The van der Waals surface area contributed by atoms with E-state index in [2.05, 4.69) is 15.5 Å². The second kappa shape index (κ2) is 6.59. The zero-order chi connectivity index (χ0) is 17.1. The van der Waals surface area contributed by atoms with Gasteiger partial charge in [-0.15, -0.1) is 0 Å². The first-order valence-electron chi connectivity index (χ1n) is 7.37. The predicted molar refractivity (Wildman–Crippen MR) is 82.8 cm³/mol. The summed E-state index contributed by atoms with van der Waals surface area (Å²) in [5.41, 5.74) is 1.46. The van der Waals surface area contributed by atoms with Crippen LogP contribution in [0.1, 0.15) is 44.2 Å². The Kier molecular flexibility index (Phi) is 4.77. The van der Waals surface area contributed by atoms with E-state index in [0.29, 0.717) is 12.2 Å². The van der Waals surface area contributed by atoms with Gasteiger partial charge in [0.1, 0.15) is 6.04 Å². The Balaban J connectivity index is 2.12. The molecular weight excluding hydrogens is 300 g/mol. The highest BCUT2D eigenvalue weighted by molar-refractivity contribution is 5.80. The minimum Gasteiger partial charge on any atom is -0.358 e. The Morgan fingerprint density at radius 2 is 2.17 bits per heavy atom. The topological polar surface area (TPSA) is 108 Å². The summed E-state index contributed by atoms with van der Waals surface area (Å²) in [6.07, 6.45) is 1.69.